The Balaban J connectivity index is 1.75. The highest BCUT2D eigenvalue weighted by Crippen LogP contribution is 2.19. The molecular weight excluding hydrogens is 422 g/mol. The van der Waals surface area contributed by atoms with E-state index in [1.807, 2.05) is 23.7 Å². The SMILES string of the molecule is COc1ccc(CN(C)C[C@@H]2OCc3cnnn3CCCC(=O)N([C@@H](C)CO)C[C@H]2C)cc1. The number of likely N-dealkylation sites (N-methyl/N-ethyl adjacent to an activating group) is 1. The molecule has 2 aromatic rings. The van der Waals surface area contributed by atoms with Crippen LogP contribution in [0.2, 0.25) is 0 Å². The number of aliphatic hydroxyl groups excluding tert-OH is 1. The Bertz CT molecular complexity index is 872. The van der Waals surface area contributed by atoms with E-state index in [4.69, 9.17) is 9.47 Å². The molecule has 1 aliphatic rings. The highest BCUT2D eigenvalue weighted by molar-refractivity contribution is 5.76. The van der Waals surface area contributed by atoms with Gasteiger partial charge in [0.15, 0.2) is 0 Å². The van der Waals surface area contributed by atoms with Crippen LogP contribution in [-0.4, -0.2) is 81.8 Å². The molecule has 1 aromatic heterocycles. The van der Waals surface area contributed by atoms with Crippen LogP contribution in [0, 0.1) is 5.92 Å². The lowest BCUT2D eigenvalue weighted by Gasteiger charge is -2.35. The molecule has 0 bridgehead atoms. The number of fused-ring (bicyclic) bond motifs is 1. The zero-order valence-electron chi connectivity index (χ0n) is 20.2. The van der Waals surface area contributed by atoms with Gasteiger partial charge < -0.3 is 19.5 Å². The number of ether oxygens (including phenoxy) is 2. The minimum Gasteiger partial charge on any atom is -0.497 e. The van der Waals surface area contributed by atoms with Crippen molar-refractivity contribution in [3.8, 4) is 5.75 Å². The summed E-state index contributed by atoms with van der Waals surface area (Å²) in [6, 6.07) is 7.82. The van der Waals surface area contributed by atoms with Gasteiger partial charge in [-0.1, -0.05) is 24.3 Å². The number of aromatic nitrogens is 3. The molecule has 1 aliphatic heterocycles. The highest BCUT2D eigenvalue weighted by atomic mass is 16.5. The largest absolute Gasteiger partial charge is 0.497 e. The lowest BCUT2D eigenvalue weighted by atomic mass is 10.0. The van der Waals surface area contributed by atoms with Gasteiger partial charge in [-0.3, -0.25) is 9.69 Å². The molecule has 1 N–H and O–H groups in total. The van der Waals surface area contributed by atoms with Crippen molar-refractivity contribution in [1.82, 2.24) is 24.8 Å². The van der Waals surface area contributed by atoms with Crippen LogP contribution in [0.25, 0.3) is 0 Å². The molecule has 1 aromatic carbocycles. The molecule has 3 atom stereocenters. The molecule has 1 amide bonds. The Labute approximate surface area is 196 Å². The summed E-state index contributed by atoms with van der Waals surface area (Å²) in [6.07, 6.45) is 2.71. The van der Waals surface area contributed by atoms with Crippen LogP contribution in [0.1, 0.15) is 37.9 Å². The van der Waals surface area contributed by atoms with Crippen molar-refractivity contribution in [2.75, 3.05) is 33.9 Å². The fourth-order valence-electron chi connectivity index (χ4n) is 4.16. The summed E-state index contributed by atoms with van der Waals surface area (Å²) in [5.41, 5.74) is 2.10. The van der Waals surface area contributed by atoms with Crippen LogP contribution < -0.4 is 4.74 Å². The lowest BCUT2D eigenvalue weighted by molar-refractivity contribution is -0.136. The summed E-state index contributed by atoms with van der Waals surface area (Å²) >= 11 is 0. The van der Waals surface area contributed by atoms with Gasteiger partial charge in [0.25, 0.3) is 0 Å². The molecule has 3 rings (SSSR count). The minimum atomic E-state index is -0.234. The molecule has 9 nitrogen and oxygen atoms in total. The third-order valence-corrected chi connectivity index (χ3v) is 6.24. The summed E-state index contributed by atoms with van der Waals surface area (Å²) in [4.78, 5) is 17.0. The number of nitrogens with zero attached hydrogens (tertiary/aromatic N) is 5. The number of aliphatic hydroxyl groups is 1. The van der Waals surface area contributed by atoms with Crippen LogP contribution in [0.3, 0.4) is 0 Å². The molecular formula is C24H37N5O4. The summed E-state index contributed by atoms with van der Waals surface area (Å²) in [5.74, 6) is 0.964. The molecule has 0 saturated heterocycles. The molecule has 182 valence electrons. The Morgan fingerprint density at radius 3 is 2.79 bits per heavy atom. The number of rotatable bonds is 7. The average molecular weight is 460 g/mol. The minimum absolute atomic E-state index is 0.0518. The number of aryl methyl sites for hydroxylation is 1. The first-order chi connectivity index (χ1) is 15.9. The van der Waals surface area contributed by atoms with E-state index in [1.165, 1.54) is 5.56 Å². The maximum absolute atomic E-state index is 13.0. The number of benzene rings is 1. The van der Waals surface area contributed by atoms with E-state index in [9.17, 15) is 9.90 Å². The molecule has 9 heteroatoms. The smallest absolute Gasteiger partial charge is 0.222 e. The standard InChI is InChI=1S/C24H37N5O4/c1-18-13-28(19(2)16-30)24(31)6-5-11-29-21(12-25-26-29)17-33-23(18)15-27(3)14-20-7-9-22(32-4)10-8-20/h7-10,12,18-19,23,30H,5-6,11,13-17H2,1-4H3/t18-,19+,23+/m1/s1. The summed E-state index contributed by atoms with van der Waals surface area (Å²) in [7, 11) is 3.73. The molecule has 0 spiro atoms. The zero-order valence-corrected chi connectivity index (χ0v) is 20.2. The van der Waals surface area contributed by atoms with Crippen molar-refractivity contribution in [3.63, 3.8) is 0 Å². The quantitative estimate of drug-likeness (QED) is 0.676. The van der Waals surface area contributed by atoms with E-state index >= 15 is 0 Å². The van der Waals surface area contributed by atoms with Crippen molar-refractivity contribution in [1.29, 1.82) is 0 Å². The highest BCUT2D eigenvalue weighted by Gasteiger charge is 2.28. The second-order valence-corrected chi connectivity index (χ2v) is 9.00. The van der Waals surface area contributed by atoms with Gasteiger partial charge in [-0.25, -0.2) is 4.68 Å². The second-order valence-electron chi connectivity index (χ2n) is 9.00. The van der Waals surface area contributed by atoms with Crippen LogP contribution in [0.4, 0.5) is 0 Å². The van der Waals surface area contributed by atoms with Gasteiger partial charge in [-0.05, 0) is 38.1 Å². The third-order valence-electron chi connectivity index (χ3n) is 6.24. The number of hydrogen-bond donors (Lipinski definition) is 1. The van der Waals surface area contributed by atoms with Gasteiger partial charge in [-0.2, -0.15) is 0 Å². The van der Waals surface area contributed by atoms with Gasteiger partial charge in [0.1, 0.15) is 5.75 Å². The Morgan fingerprint density at radius 2 is 2.09 bits per heavy atom. The maximum Gasteiger partial charge on any atom is 0.222 e. The van der Waals surface area contributed by atoms with E-state index in [1.54, 1.807) is 18.2 Å². The van der Waals surface area contributed by atoms with E-state index in [2.05, 4.69) is 41.3 Å². The third kappa shape index (κ3) is 6.99. The molecule has 2 heterocycles. The molecule has 0 fully saturated rings. The first kappa shape index (κ1) is 25.1. The van der Waals surface area contributed by atoms with Crippen molar-refractivity contribution in [3.05, 3.63) is 41.7 Å². The maximum atomic E-state index is 13.0. The zero-order chi connectivity index (χ0) is 23.8. The van der Waals surface area contributed by atoms with Gasteiger partial charge in [-0.15, -0.1) is 5.10 Å². The predicted molar refractivity (Wildman–Crippen MR) is 125 cm³/mol. The van der Waals surface area contributed by atoms with Gasteiger partial charge in [0, 0.05) is 38.5 Å². The number of carbonyl (C=O) groups is 1. The first-order valence-electron chi connectivity index (χ1n) is 11.6. The van der Waals surface area contributed by atoms with E-state index in [-0.39, 0.29) is 30.6 Å². The molecule has 0 unspecified atom stereocenters. The molecule has 0 radical (unpaired) electrons. The molecule has 33 heavy (non-hydrogen) atoms. The second kappa shape index (κ2) is 12.1. The van der Waals surface area contributed by atoms with Gasteiger partial charge in [0.2, 0.25) is 5.91 Å². The monoisotopic (exact) mass is 459 g/mol. The average Bonchev–Trinajstić information content (AvgIpc) is 3.26. The summed E-state index contributed by atoms with van der Waals surface area (Å²) in [5, 5.41) is 17.9. The van der Waals surface area contributed by atoms with Crippen LogP contribution in [0.15, 0.2) is 30.5 Å². The van der Waals surface area contributed by atoms with Crippen molar-refractivity contribution < 1.29 is 19.4 Å². The van der Waals surface area contributed by atoms with Crippen LogP contribution in [0.5, 0.6) is 5.75 Å². The lowest BCUT2D eigenvalue weighted by Crippen LogP contribution is -2.47. The Kier molecular flexibility index (Phi) is 9.22. The van der Waals surface area contributed by atoms with Crippen molar-refractivity contribution in [2.45, 2.75) is 58.5 Å². The first-order valence-corrected chi connectivity index (χ1v) is 11.6. The summed E-state index contributed by atoms with van der Waals surface area (Å²) < 4.78 is 13.5. The number of amides is 1. The fraction of sp³-hybridized carbons (Fsp3) is 0.625. The fourth-order valence-corrected chi connectivity index (χ4v) is 4.16. The summed E-state index contributed by atoms with van der Waals surface area (Å²) in [6.45, 7) is 6.98. The number of hydrogen-bond acceptors (Lipinski definition) is 7. The van der Waals surface area contributed by atoms with Crippen LogP contribution in [-0.2, 0) is 29.2 Å². The molecule has 0 aliphatic carbocycles. The molecule has 0 saturated carbocycles. The number of carbonyl (C=O) groups excluding carboxylic acids is 1. The Morgan fingerprint density at radius 1 is 1.33 bits per heavy atom. The van der Waals surface area contributed by atoms with E-state index in [0.717, 1.165) is 18.0 Å². The van der Waals surface area contributed by atoms with Crippen LogP contribution >= 0.6 is 0 Å². The normalized spacial score (nSPS) is 21.3. The van der Waals surface area contributed by atoms with Crippen molar-refractivity contribution >= 4 is 5.91 Å². The van der Waals surface area contributed by atoms with E-state index in [0.29, 0.717) is 39.1 Å². The van der Waals surface area contributed by atoms with E-state index < -0.39 is 0 Å². The van der Waals surface area contributed by atoms with Crippen molar-refractivity contribution in [2.24, 2.45) is 5.92 Å². The predicted octanol–water partition coefficient (Wildman–Crippen LogP) is 1.94. The van der Waals surface area contributed by atoms with Gasteiger partial charge >= 0.3 is 0 Å². The number of methoxy groups -OCH3 is 1. The topological polar surface area (TPSA) is 93.0 Å². The van der Waals surface area contributed by atoms with Gasteiger partial charge in [0.05, 0.1) is 44.4 Å². The Hall–Kier alpha value is -2.49.